The van der Waals surface area contributed by atoms with Gasteiger partial charge in [-0.3, -0.25) is 4.99 Å². The summed E-state index contributed by atoms with van der Waals surface area (Å²) < 4.78 is 0.849. The van der Waals surface area contributed by atoms with Gasteiger partial charge < -0.3 is 5.73 Å². The molecule has 0 aromatic rings. The average Bonchev–Trinajstić information content (AvgIpc) is 1.61. The van der Waals surface area contributed by atoms with Gasteiger partial charge in [0.25, 0.3) is 0 Å². The van der Waals surface area contributed by atoms with Gasteiger partial charge in [0.1, 0.15) is 0 Å². The molecule has 0 aliphatic carbocycles. The molecule has 46 valence electrons. The zero-order valence-corrected chi connectivity index (χ0v) is 6.40. The molecule has 0 aromatic carbocycles. The van der Waals surface area contributed by atoms with Crippen LogP contribution in [0.3, 0.4) is 0 Å². The van der Waals surface area contributed by atoms with Crippen molar-refractivity contribution in [1.82, 2.24) is 0 Å². The topological polar surface area (TPSA) is 38.4 Å². The standard InChI is InChI=1S/C5H9BrN2/c1-4(6)3-8-5(2)7/h1,3H2,2H3,(H2,7,8). The van der Waals surface area contributed by atoms with Gasteiger partial charge in [-0.05, 0) is 6.92 Å². The SMILES string of the molecule is C=C(Br)CN=C(C)N. The molecule has 8 heavy (non-hydrogen) atoms. The summed E-state index contributed by atoms with van der Waals surface area (Å²) in [7, 11) is 0. The van der Waals surface area contributed by atoms with Crippen LogP contribution < -0.4 is 5.73 Å². The van der Waals surface area contributed by atoms with E-state index < -0.39 is 0 Å². The quantitative estimate of drug-likeness (QED) is 0.500. The minimum Gasteiger partial charge on any atom is -0.388 e. The Labute approximate surface area is 57.6 Å². The second kappa shape index (κ2) is 3.66. The first-order valence-corrected chi connectivity index (χ1v) is 3.02. The monoisotopic (exact) mass is 176 g/mol. The number of nitrogens with two attached hydrogens (primary N) is 1. The van der Waals surface area contributed by atoms with Crippen LogP contribution in [0, 0.1) is 0 Å². The zero-order valence-electron chi connectivity index (χ0n) is 4.82. The third-order valence-electron chi connectivity index (χ3n) is 0.500. The Morgan fingerprint density at radius 1 is 1.88 bits per heavy atom. The third-order valence-corrected chi connectivity index (χ3v) is 0.751. The smallest absolute Gasteiger partial charge is 0.0909 e. The minimum atomic E-state index is 0.572. The van der Waals surface area contributed by atoms with Crippen LogP contribution in [0.4, 0.5) is 0 Å². The predicted octanol–water partition coefficient (Wildman–Crippen LogP) is 1.27. The van der Waals surface area contributed by atoms with Crippen LogP contribution >= 0.6 is 15.9 Å². The van der Waals surface area contributed by atoms with Crippen LogP contribution in [0.5, 0.6) is 0 Å². The van der Waals surface area contributed by atoms with Crippen molar-refractivity contribution in [2.45, 2.75) is 6.92 Å². The fraction of sp³-hybridized carbons (Fsp3) is 0.400. The summed E-state index contributed by atoms with van der Waals surface area (Å²) in [6.07, 6.45) is 0. The second-order valence-corrected chi connectivity index (χ2v) is 2.60. The third kappa shape index (κ3) is 5.69. The molecule has 2 N–H and O–H groups in total. The molecule has 0 aliphatic rings. The number of hydrogen-bond acceptors (Lipinski definition) is 1. The van der Waals surface area contributed by atoms with Crippen molar-refractivity contribution >= 4 is 21.8 Å². The highest BCUT2D eigenvalue weighted by Gasteiger charge is 1.81. The number of aliphatic imine (C=N–C) groups is 1. The fourth-order valence-corrected chi connectivity index (χ4v) is 0.336. The molecule has 0 fully saturated rings. The van der Waals surface area contributed by atoms with Crippen LogP contribution in [0.25, 0.3) is 0 Å². The number of amidine groups is 1. The lowest BCUT2D eigenvalue weighted by atomic mass is 10.6. The Hall–Kier alpha value is -0.310. The maximum absolute atomic E-state index is 5.23. The second-order valence-electron chi connectivity index (χ2n) is 1.47. The molecule has 0 bridgehead atoms. The van der Waals surface area contributed by atoms with Crippen molar-refractivity contribution in [2.75, 3.05) is 6.54 Å². The molecule has 0 unspecified atom stereocenters. The molecule has 0 heterocycles. The minimum absolute atomic E-state index is 0.572. The molecular formula is C5H9BrN2. The van der Waals surface area contributed by atoms with Crippen molar-refractivity contribution < 1.29 is 0 Å². The van der Waals surface area contributed by atoms with Gasteiger partial charge in [0.15, 0.2) is 0 Å². The summed E-state index contributed by atoms with van der Waals surface area (Å²) in [6.45, 7) is 5.90. The molecule has 2 nitrogen and oxygen atoms in total. The molecule has 3 heteroatoms. The van der Waals surface area contributed by atoms with Crippen molar-refractivity contribution in [3.8, 4) is 0 Å². The van der Waals surface area contributed by atoms with Gasteiger partial charge in [0, 0.05) is 4.48 Å². The number of halogens is 1. The van der Waals surface area contributed by atoms with Gasteiger partial charge in [-0.15, -0.1) is 0 Å². The van der Waals surface area contributed by atoms with Gasteiger partial charge in [0.05, 0.1) is 12.4 Å². The highest BCUT2D eigenvalue weighted by molar-refractivity contribution is 9.11. The van der Waals surface area contributed by atoms with Crippen LogP contribution in [0.15, 0.2) is 16.1 Å². The molecular weight excluding hydrogens is 168 g/mol. The van der Waals surface area contributed by atoms with Gasteiger partial charge in [-0.2, -0.15) is 0 Å². The molecule has 0 saturated carbocycles. The van der Waals surface area contributed by atoms with Crippen LogP contribution in [0.2, 0.25) is 0 Å². The normalized spacial score (nSPS) is 11.5. The van der Waals surface area contributed by atoms with Crippen LogP contribution in [-0.4, -0.2) is 12.4 Å². The Bertz CT molecular complexity index is 114. The Kier molecular flexibility index (Phi) is 3.52. The van der Waals surface area contributed by atoms with Gasteiger partial charge >= 0.3 is 0 Å². The lowest BCUT2D eigenvalue weighted by Crippen LogP contribution is -2.05. The zero-order chi connectivity index (χ0) is 6.57. The molecule has 0 amide bonds. The van der Waals surface area contributed by atoms with Crippen LogP contribution in [0.1, 0.15) is 6.92 Å². The van der Waals surface area contributed by atoms with Gasteiger partial charge in [0.2, 0.25) is 0 Å². The molecule has 0 aromatic heterocycles. The Morgan fingerprint density at radius 2 is 2.38 bits per heavy atom. The predicted molar refractivity (Wildman–Crippen MR) is 40.2 cm³/mol. The summed E-state index contributed by atoms with van der Waals surface area (Å²) >= 11 is 3.15. The van der Waals surface area contributed by atoms with E-state index in [1.807, 2.05) is 0 Å². The highest BCUT2D eigenvalue weighted by atomic mass is 79.9. The van der Waals surface area contributed by atoms with Crippen molar-refractivity contribution in [2.24, 2.45) is 10.7 Å². The average molecular weight is 177 g/mol. The van der Waals surface area contributed by atoms with E-state index >= 15 is 0 Å². The highest BCUT2D eigenvalue weighted by Crippen LogP contribution is 1.98. The molecule has 0 atom stereocenters. The van der Waals surface area contributed by atoms with Crippen molar-refractivity contribution in [3.05, 3.63) is 11.1 Å². The molecule has 0 saturated heterocycles. The van der Waals surface area contributed by atoms with E-state index in [1.165, 1.54) is 0 Å². The molecule has 0 rings (SSSR count). The summed E-state index contributed by atoms with van der Waals surface area (Å²) in [6, 6.07) is 0. The maximum atomic E-state index is 5.23. The van der Waals surface area contributed by atoms with Gasteiger partial charge in [-0.1, -0.05) is 22.5 Å². The summed E-state index contributed by atoms with van der Waals surface area (Å²) in [5.41, 5.74) is 5.23. The summed E-state index contributed by atoms with van der Waals surface area (Å²) in [4.78, 5) is 3.87. The number of rotatable bonds is 2. The largest absolute Gasteiger partial charge is 0.388 e. The van der Waals surface area contributed by atoms with Crippen LogP contribution in [-0.2, 0) is 0 Å². The fourth-order valence-electron chi connectivity index (χ4n) is 0.210. The van der Waals surface area contributed by atoms with E-state index in [1.54, 1.807) is 6.92 Å². The lowest BCUT2D eigenvalue weighted by molar-refractivity contribution is 1.21. The Morgan fingerprint density at radius 3 is 2.50 bits per heavy atom. The van der Waals surface area contributed by atoms with E-state index in [9.17, 15) is 0 Å². The number of nitrogens with zero attached hydrogens (tertiary/aromatic N) is 1. The van der Waals surface area contributed by atoms with E-state index in [4.69, 9.17) is 5.73 Å². The first-order chi connectivity index (χ1) is 3.63. The Balaban J connectivity index is 3.45. The lowest BCUT2D eigenvalue weighted by Gasteiger charge is -1.89. The van der Waals surface area contributed by atoms with E-state index in [0.717, 1.165) is 4.48 Å². The van der Waals surface area contributed by atoms with Crippen molar-refractivity contribution in [3.63, 3.8) is 0 Å². The number of hydrogen-bond donors (Lipinski definition) is 1. The summed E-state index contributed by atoms with van der Waals surface area (Å²) in [5.74, 6) is 0.589. The first-order valence-electron chi connectivity index (χ1n) is 2.22. The van der Waals surface area contributed by atoms with Gasteiger partial charge in [-0.25, -0.2) is 0 Å². The van der Waals surface area contributed by atoms with Crippen molar-refractivity contribution in [1.29, 1.82) is 0 Å². The molecule has 0 aliphatic heterocycles. The van der Waals surface area contributed by atoms with E-state index in [2.05, 4.69) is 27.5 Å². The first kappa shape index (κ1) is 7.69. The maximum Gasteiger partial charge on any atom is 0.0909 e. The molecule has 0 radical (unpaired) electrons. The summed E-state index contributed by atoms with van der Waals surface area (Å²) in [5, 5.41) is 0. The van der Waals surface area contributed by atoms with E-state index in [0.29, 0.717) is 12.4 Å². The molecule has 0 spiro atoms. The van der Waals surface area contributed by atoms with E-state index in [-0.39, 0.29) is 0 Å².